The molecule has 0 unspecified atom stereocenters. The van der Waals surface area contributed by atoms with E-state index >= 15 is 0 Å². The van der Waals surface area contributed by atoms with Crippen LogP contribution in [0.1, 0.15) is 41.5 Å². The molecule has 3 heteroatoms. The Bertz CT molecular complexity index is 769. The van der Waals surface area contributed by atoms with Crippen LogP contribution in [0.4, 0.5) is 5.69 Å². The van der Waals surface area contributed by atoms with Crippen LogP contribution in [0.2, 0.25) is 0 Å². The summed E-state index contributed by atoms with van der Waals surface area (Å²) in [6.45, 7) is 8.08. The first-order chi connectivity index (χ1) is 12.5. The van der Waals surface area contributed by atoms with Crippen LogP contribution in [0, 0.1) is 20.8 Å². The van der Waals surface area contributed by atoms with Gasteiger partial charge in [0.2, 0.25) is 5.91 Å². The minimum absolute atomic E-state index is 0.278. The van der Waals surface area contributed by atoms with Gasteiger partial charge in [-0.1, -0.05) is 30.3 Å². The molecule has 1 aliphatic heterocycles. The fraction of sp³-hybridized carbons (Fsp3) is 0.435. The van der Waals surface area contributed by atoms with Crippen LogP contribution in [0.3, 0.4) is 0 Å². The summed E-state index contributed by atoms with van der Waals surface area (Å²) in [6, 6.07) is 15.2. The molecule has 1 aliphatic rings. The van der Waals surface area contributed by atoms with Crippen LogP contribution >= 0.6 is 0 Å². The molecule has 1 saturated heterocycles. The molecule has 1 N–H and O–H groups in total. The molecular weight excluding hydrogens is 320 g/mol. The SMILES string of the molecule is Cc1ccc(N[C@@H]2CCCN(C(=O)CCc3ccccc3C)C2)cc1C. The number of anilines is 1. The highest BCUT2D eigenvalue weighted by atomic mass is 16.2. The normalized spacial score (nSPS) is 17.2. The summed E-state index contributed by atoms with van der Waals surface area (Å²) in [5.41, 5.74) is 6.33. The van der Waals surface area contributed by atoms with Gasteiger partial charge in [0, 0.05) is 31.2 Å². The van der Waals surface area contributed by atoms with Crippen molar-refractivity contribution in [1.29, 1.82) is 0 Å². The fourth-order valence-corrected chi connectivity index (χ4v) is 3.68. The summed E-state index contributed by atoms with van der Waals surface area (Å²) in [7, 11) is 0. The molecule has 0 spiro atoms. The van der Waals surface area contributed by atoms with Gasteiger partial charge in [0.25, 0.3) is 0 Å². The Morgan fingerprint density at radius 3 is 2.65 bits per heavy atom. The molecule has 1 amide bonds. The van der Waals surface area contributed by atoms with Gasteiger partial charge in [-0.2, -0.15) is 0 Å². The number of benzene rings is 2. The Kier molecular flexibility index (Phi) is 5.97. The Labute approximate surface area is 157 Å². The van der Waals surface area contributed by atoms with Gasteiger partial charge in [0.05, 0.1) is 0 Å². The lowest BCUT2D eigenvalue weighted by Gasteiger charge is -2.34. The predicted molar refractivity (Wildman–Crippen MR) is 109 cm³/mol. The maximum atomic E-state index is 12.7. The molecule has 0 saturated carbocycles. The maximum Gasteiger partial charge on any atom is 0.222 e. The summed E-state index contributed by atoms with van der Waals surface area (Å²) in [6.07, 6.45) is 3.62. The summed E-state index contributed by atoms with van der Waals surface area (Å²) in [5.74, 6) is 0.278. The number of nitrogens with one attached hydrogen (secondary N) is 1. The van der Waals surface area contributed by atoms with Crippen molar-refractivity contribution < 1.29 is 4.79 Å². The van der Waals surface area contributed by atoms with E-state index in [0.717, 1.165) is 38.0 Å². The predicted octanol–water partition coefficient (Wildman–Crippen LogP) is 4.65. The Balaban J connectivity index is 1.54. The van der Waals surface area contributed by atoms with Crippen molar-refractivity contribution in [2.45, 2.75) is 52.5 Å². The zero-order valence-electron chi connectivity index (χ0n) is 16.2. The van der Waals surface area contributed by atoms with E-state index in [9.17, 15) is 4.79 Å². The van der Waals surface area contributed by atoms with Crippen molar-refractivity contribution in [3.63, 3.8) is 0 Å². The quantitative estimate of drug-likeness (QED) is 0.851. The number of carbonyl (C=O) groups excluding carboxylic acids is 1. The largest absolute Gasteiger partial charge is 0.381 e. The van der Waals surface area contributed by atoms with E-state index in [4.69, 9.17) is 0 Å². The standard InChI is InChI=1S/C23H30N2O/c1-17-10-12-21(15-19(17)3)24-22-9-6-14-25(16-22)23(26)13-11-20-8-5-4-7-18(20)2/h4-5,7-8,10,12,15,22,24H,6,9,11,13-14,16H2,1-3H3/t22-/m1/s1. The van der Waals surface area contributed by atoms with Crippen LogP contribution in [-0.4, -0.2) is 29.9 Å². The molecule has 26 heavy (non-hydrogen) atoms. The first-order valence-electron chi connectivity index (χ1n) is 9.69. The van der Waals surface area contributed by atoms with Crippen molar-refractivity contribution in [3.05, 3.63) is 64.7 Å². The lowest BCUT2D eigenvalue weighted by Crippen LogP contribution is -2.45. The second kappa shape index (κ2) is 8.39. The molecule has 1 atom stereocenters. The second-order valence-electron chi connectivity index (χ2n) is 7.55. The van der Waals surface area contributed by atoms with Gasteiger partial charge in [-0.3, -0.25) is 4.79 Å². The number of carbonyl (C=O) groups is 1. The molecule has 1 fully saturated rings. The minimum Gasteiger partial charge on any atom is -0.381 e. The number of likely N-dealkylation sites (tertiary alicyclic amines) is 1. The van der Waals surface area contributed by atoms with Crippen molar-refractivity contribution in [2.24, 2.45) is 0 Å². The molecule has 0 aliphatic carbocycles. The first kappa shape index (κ1) is 18.5. The van der Waals surface area contributed by atoms with Crippen molar-refractivity contribution in [2.75, 3.05) is 18.4 Å². The van der Waals surface area contributed by atoms with Crippen LogP contribution < -0.4 is 5.32 Å². The highest BCUT2D eigenvalue weighted by molar-refractivity contribution is 5.76. The summed E-state index contributed by atoms with van der Waals surface area (Å²) in [5, 5.41) is 3.62. The minimum atomic E-state index is 0.278. The van der Waals surface area contributed by atoms with Crippen molar-refractivity contribution in [3.8, 4) is 0 Å². The molecule has 1 heterocycles. The average Bonchev–Trinajstić information content (AvgIpc) is 2.64. The topological polar surface area (TPSA) is 32.3 Å². The lowest BCUT2D eigenvalue weighted by molar-refractivity contribution is -0.132. The van der Waals surface area contributed by atoms with E-state index in [2.05, 4.69) is 62.5 Å². The first-order valence-corrected chi connectivity index (χ1v) is 9.69. The van der Waals surface area contributed by atoms with Gasteiger partial charge in [-0.05, 0) is 74.4 Å². The molecule has 3 rings (SSSR count). The smallest absolute Gasteiger partial charge is 0.222 e. The van der Waals surface area contributed by atoms with Crippen LogP contribution in [-0.2, 0) is 11.2 Å². The van der Waals surface area contributed by atoms with E-state index in [1.807, 2.05) is 11.0 Å². The fourth-order valence-electron chi connectivity index (χ4n) is 3.68. The number of nitrogens with zero attached hydrogens (tertiary/aromatic N) is 1. The monoisotopic (exact) mass is 350 g/mol. The molecule has 2 aromatic carbocycles. The highest BCUT2D eigenvalue weighted by Gasteiger charge is 2.23. The van der Waals surface area contributed by atoms with Crippen LogP contribution in [0.5, 0.6) is 0 Å². The van der Waals surface area contributed by atoms with E-state index in [-0.39, 0.29) is 5.91 Å². The maximum absolute atomic E-state index is 12.7. The number of rotatable bonds is 5. The molecule has 3 nitrogen and oxygen atoms in total. The van der Waals surface area contributed by atoms with Gasteiger partial charge in [0.1, 0.15) is 0 Å². The number of amides is 1. The van der Waals surface area contributed by atoms with Gasteiger partial charge in [0.15, 0.2) is 0 Å². The van der Waals surface area contributed by atoms with E-state index in [0.29, 0.717) is 12.5 Å². The van der Waals surface area contributed by atoms with Gasteiger partial charge >= 0.3 is 0 Å². The van der Waals surface area contributed by atoms with Gasteiger partial charge in [-0.25, -0.2) is 0 Å². The van der Waals surface area contributed by atoms with Gasteiger partial charge < -0.3 is 10.2 Å². The summed E-state index contributed by atoms with van der Waals surface area (Å²) in [4.78, 5) is 14.7. The third-order valence-electron chi connectivity index (χ3n) is 5.52. The van der Waals surface area contributed by atoms with E-state index in [1.54, 1.807) is 0 Å². The Hall–Kier alpha value is -2.29. The van der Waals surface area contributed by atoms with Gasteiger partial charge in [-0.15, -0.1) is 0 Å². The van der Waals surface area contributed by atoms with Crippen LogP contribution in [0.25, 0.3) is 0 Å². The molecule has 138 valence electrons. The number of piperidine rings is 1. The molecule has 0 aromatic heterocycles. The molecular formula is C23H30N2O. The summed E-state index contributed by atoms with van der Waals surface area (Å²) >= 11 is 0. The zero-order valence-corrected chi connectivity index (χ0v) is 16.2. The zero-order chi connectivity index (χ0) is 18.5. The molecule has 0 radical (unpaired) electrons. The third kappa shape index (κ3) is 4.66. The Morgan fingerprint density at radius 1 is 1.08 bits per heavy atom. The van der Waals surface area contributed by atoms with E-state index in [1.165, 1.54) is 22.3 Å². The summed E-state index contributed by atoms with van der Waals surface area (Å²) < 4.78 is 0. The third-order valence-corrected chi connectivity index (χ3v) is 5.52. The molecule has 0 bridgehead atoms. The number of hydrogen-bond acceptors (Lipinski definition) is 2. The van der Waals surface area contributed by atoms with E-state index < -0.39 is 0 Å². The number of aryl methyl sites for hydroxylation is 4. The molecule has 2 aromatic rings. The highest BCUT2D eigenvalue weighted by Crippen LogP contribution is 2.20. The Morgan fingerprint density at radius 2 is 1.88 bits per heavy atom. The number of hydrogen-bond donors (Lipinski definition) is 1. The second-order valence-corrected chi connectivity index (χ2v) is 7.55. The lowest BCUT2D eigenvalue weighted by atomic mass is 10.0. The van der Waals surface area contributed by atoms with Crippen LogP contribution in [0.15, 0.2) is 42.5 Å². The van der Waals surface area contributed by atoms with Crippen molar-refractivity contribution in [1.82, 2.24) is 4.90 Å². The average molecular weight is 351 g/mol. The van der Waals surface area contributed by atoms with Crippen molar-refractivity contribution >= 4 is 11.6 Å².